The lowest BCUT2D eigenvalue weighted by molar-refractivity contribution is -0.137. The van der Waals surface area contributed by atoms with Crippen molar-refractivity contribution in [2.45, 2.75) is 50.0 Å². The smallest absolute Gasteiger partial charge is 0.416 e. The quantitative estimate of drug-likeness (QED) is 0.463. The molecule has 2 aromatic carbocycles. The average molecular weight is 508 g/mol. The maximum absolute atomic E-state index is 13.1. The number of carbonyl (C=O) groups is 1. The Kier molecular flexibility index (Phi) is 7.49. The predicted octanol–water partition coefficient (Wildman–Crippen LogP) is 5.16. The second kappa shape index (κ2) is 10.0. The second-order valence-electron chi connectivity index (χ2n) is 8.70. The highest BCUT2D eigenvalue weighted by atomic mass is 32.2. The Hall–Kier alpha value is -3.47. The van der Waals surface area contributed by atoms with Gasteiger partial charge in [-0.25, -0.2) is 23.2 Å². The Morgan fingerprint density at radius 3 is 2.17 bits per heavy atom. The number of sulfone groups is 1. The van der Waals surface area contributed by atoms with Crippen LogP contribution in [0.2, 0.25) is 0 Å². The van der Waals surface area contributed by atoms with Crippen LogP contribution in [0.3, 0.4) is 0 Å². The summed E-state index contributed by atoms with van der Waals surface area (Å²) in [5.74, 6) is -0.372. The molecule has 1 N–H and O–H groups in total. The maximum atomic E-state index is 13.1. The summed E-state index contributed by atoms with van der Waals surface area (Å²) in [7, 11) is -4.01. The van der Waals surface area contributed by atoms with Crippen molar-refractivity contribution in [1.29, 1.82) is 0 Å². The zero-order valence-corrected chi connectivity index (χ0v) is 20.1. The van der Waals surface area contributed by atoms with E-state index in [-0.39, 0.29) is 29.2 Å². The largest absolute Gasteiger partial charge is 0.444 e. The van der Waals surface area contributed by atoms with Gasteiger partial charge in [-0.2, -0.15) is 13.2 Å². The van der Waals surface area contributed by atoms with Crippen LogP contribution in [-0.4, -0.2) is 30.1 Å². The molecule has 0 aliphatic carbocycles. The van der Waals surface area contributed by atoms with Gasteiger partial charge in [-0.15, -0.1) is 0 Å². The molecular weight excluding hydrogens is 483 g/mol. The molecule has 1 heterocycles. The molecule has 0 saturated heterocycles. The van der Waals surface area contributed by atoms with Crippen molar-refractivity contribution in [1.82, 2.24) is 15.3 Å². The summed E-state index contributed by atoms with van der Waals surface area (Å²) in [6.07, 6.45) is -5.25. The Morgan fingerprint density at radius 1 is 0.971 bits per heavy atom. The van der Waals surface area contributed by atoms with E-state index in [0.717, 1.165) is 12.1 Å². The molecule has 1 aromatic heterocycles. The SMILES string of the molecule is CC(C)(C)OC(=O)NCc1cc(-c2ccc(C(F)(F)F)cc2)nc(S(=O)(=O)Cc2ccccc2)n1. The monoisotopic (exact) mass is 507 g/mol. The van der Waals surface area contributed by atoms with Crippen molar-refractivity contribution in [3.63, 3.8) is 0 Å². The van der Waals surface area contributed by atoms with Crippen LogP contribution in [0.15, 0.2) is 65.8 Å². The van der Waals surface area contributed by atoms with Gasteiger partial charge in [0.15, 0.2) is 0 Å². The summed E-state index contributed by atoms with van der Waals surface area (Å²) in [6, 6.07) is 14.0. The van der Waals surface area contributed by atoms with E-state index < -0.39 is 38.4 Å². The minimum atomic E-state index is -4.52. The Balaban J connectivity index is 1.98. The van der Waals surface area contributed by atoms with E-state index in [4.69, 9.17) is 4.74 Å². The number of alkyl carbamates (subject to hydrolysis) is 1. The number of nitrogens with one attached hydrogen (secondary N) is 1. The van der Waals surface area contributed by atoms with Gasteiger partial charge in [0.1, 0.15) is 5.60 Å². The van der Waals surface area contributed by atoms with Gasteiger partial charge in [-0.05, 0) is 44.5 Å². The van der Waals surface area contributed by atoms with Crippen LogP contribution in [0.1, 0.15) is 37.6 Å². The molecule has 0 aliphatic rings. The second-order valence-corrected chi connectivity index (χ2v) is 10.6. The molecule has 11 heteroatoms. The zero-order valence-electron chi connectivity index (χ0n) is 19.3. The van der Waals surface area contributed by atoms with Gasteiger partial charge in [-0.3, -0.25) is 0 Å². The fraction of sp³-hybridized carbons (Fsp3) is 0.292. The molecule has 0 unspecified atom stereocenters. The molecule has 0 fully saturated rings. The zero-order chi connectivity index (χ0) is 25.9. The lowest BCUT2D eigenvalue weighted by Crippen LogP contribution is -2.32. The van der Waals surface area contributed by atoms with E-state index in [1.165, 1.54) is 18.2 Å². The van der Waals surface area contributed by atoms with Crippen LogP contribution in [0.4, 0.5) is 18.0 Å². The summed E-state index contributed by atoms with van der Waals surface area (Å²) in [5, 5.41) is 2.00. The molecule has 3 rings (SSSR count). The molecule has 0 spiro atoms. The van der Waals surface area contributed by atoms with Crippen molar-refractivity contribution < 1.29 is 31.1 Å². The molecule has 7 nitrogen and oxygen atoms in total. The highest BCUT2D eigenvalue weighted by Gasteiger charge is 2.30. The van der Waals surface area contributed by atoms with Gasteiger partial charge in [0.05, 0.1) is 29.2 Å². The topological polar surface area (TPSA) is 98.2 Å². The minimum absolute atomic E-state index is 0.0985. The lowest BCUT2D eigenvalue weighted by atomic mass is 10.1. The summed E-state index contributed by atoms with van der Waals surface area (Å²) in [5.41, 5.74) is -0.571. The summed E-state index contributed by atoms with van der Waals surface area (Å²) < 4.78 is 70.2. The van der Waals surface area contributed by atoms with Crippen molar-refractivity contribution >= 4 is 15.9 Å². The summed E-state index contributed by atoms with van der Waals surface area (Å²) >= 11 is 0. The molecule has 186 valence electrons. The molecule has 0 bridgehead atoms. The number of hydrogen-bond donors (Lipinski definition) is 1. The number of amides is 1. The third-order valence-corrected chi connectivity index (χ3v) is 6.01. The van der Waals surface area contributed by atoms with E-state index in [2.05, 4.69) is 15.3 Å². The first-order valence-corrected chi connectivity index (χ1v) is 12.2. The molecule has 1 amide bonds. The lowest BCUT2D eigenvalue weighted by Gasteiger charge is -2.19. The van der Waals surface area contributed by atoms with Crippen LogP contribution in [0, 0.1) is 0 Å². The number of aromatic nitrogens is 2. The first-order valence-electron chi connectivity index (χ1n) is 10.5. The summed E-state index contributed by atoms with van der Waals surface area (Å²) in [6.45, 7) is 4.88. The van der Waals surface area contributed by atoms with Crippen LogP contribution < -0.4 is 5.32 Å². The van der Waals surface area contributed by atoms with Crippen molar-refractivity contribution in [2.24, 2.45) is 0 Å². The van der Waals surface area contributed by atoms with Crippen LogP contribution >= 0.6 is 0 Å². The number of rotatable bonds is 6. The Bertz CT molecular complexity index is 1290. The fourth-order valence-electron chi connectivity index (χ4n) is 3.02. The Labute approximate surface area is 201 Å². The van der Waals surface area contributed by atoms with E-state index in [9.17, 15) is 26.4 Å². The minimum Gasteiger partial charge on any atom is -0.444 e. The fourth-order valence-corrected chi connectivity index (χ4v) is 4.27. The number of benzene rings is 2. The number of ether oxygens (including phenoxy) is 1. The molecular formula is C24H24F3N3O4S. The van der Waals surface area contributed by atoms with Gasteiger partial charge >= 0.3 is 12.3 Å². The molecule has 0 atom stereocenters. The normalized spacial score (nSPS) is 12.3. The molecule has 3 aromatic rings. The first kappa shape index (κ1) is 26.1. The van der Waals surface area contributed by atoms with Crippen LogP contribution in [-0.2, 0) is 33.0 Å². The number of halogens is 3. The maximum Gasteiger partial charge on any atom is 0.416 e. The van der Waals surface area contributed by atoms with Gasteiger partial charge < -0.3 is 10.1 Å². The number of hydrogen-bond acceptors (Lipinski definition) is 6. The highest BCUT2D eigenvalue weighted by Crippen LogP contribution is 2.31. The van der Waals surface area contributed by atoms with Crippen LogP contribution in [0.25, 0.3) is 11.3 Å². The van der Waals surface area contributed by atoms with Crippen LogP contribution in [0.5, 0.6) is 0 Å². The van der Waals surface area contributed by atoms with E-state index in [0.29, 0.717) is 5.56 Å². The third-order valence-electron chi connectivity index (χ3n) is 4.56. The first-order chi connectivity index (χ1) is 16.2. The number of alkyl halides is 3. The molecule has 0 saturated carbocycles. The van der Waals surface area contributed by atoms with E-state index in [1.807, 2.05) is 0 Å². The number of carbonyl (C=O) groups excluding carboxylic acids is 1. The van der Waals surface area contributed by atoms with Gasteiger partial charge in [0.2, 0.25) is 15.0 Å². The average Bonchev–Trinajstić information content (AvgIpc) is 2.76. The summed E-state index contributed by atoms with van der Waals surface area (Å²) in [4.78, 5) is 20.3. The van der Waals surface area contributed by atoms with E-state index in [1.54, 1.807) is 51.1 Å². The molecule has 0 aliphatic heterocycles. The highest BCUT2D eigenvalue weighted by molar-refractivity contribution is 7.90. The standard InChI is InChI=1S/C24H24F3N3O4S/c1-23(2,3)34-22(31)28-14-19-13-20(17-9-11-18(12-10-17)24(25,26)27)30-21(29-19)35(32,33)15-16-7-5-4-6-8-16/h4-13H,14-15H2,1-3H3,(H,28,31). The predicted molar refractivity (Wildman–Crippen MR) is 123 cm³/mol. The van der Waals surface area contributed by atoms with Gasteiger partial charge in [-0.1, -0.05) is 42.5 Å². The number of nitrogens with zero attached hydrogens (tertiary/aromatic N) is 2. The van der Waals surface area contributed by atoms with Crippen molar-refractivity contribution in [2.75, 3.05) is 0 Å². The Morgan fingerprint density at radius 2 is 1.60 bits per heavy atom. The molecule has 35 heavy (non-hydrogen) atoms. The van der Waals surface area contributed by atoms with Gasteiger partial charge in [0, 0.05) is 5.56 Å². The van der Waals surface area contributed by atoms with Crippen molar-refractivity contribution in [3.05, 3.63) is 77.5 Å². The van der Waals surface area contributed by atoms with E-state index >= 15 is 0 Å². The third kappa shape index (κ3) is 7.51. The van der Waals surface area contributed by atoms with Crippen molar-refractivity contribution in [3.8, 4) is 11.3 Å². The van der Waals surface area contributed by atoms with Gasteiger partial charge in [0.25, 0.3) is 0 Å². The molecule has 0 radical (unpaired) electrons.